The lowest BCUT2D eigenvalue weighted by Gasteiger charge is -1.82. The lowest BCUT2D eigenvalue weighted by molar-refractivity contribution is 1.25. The fourth-order valence-electron chi connectivity index (χ4n) is 0.388. The fourth-order valence-corrected chi connectivity index (χ4v) is 2.46. The van der Waals surface area contributed by atoms with Crippen molar-refractivity contribution < 1.29 is 0 Å². The predicted octanol–water partition coefficient (Wildman–Crippen LogP) is 3.34. The van der Waals surface area contributed by atoms with Crippen LogP contribution in [0.1, 0.15) is 5.69 Å². The Balaban J connectivity index is 3.01. The number of halogens is 3. The van der Waals surface area contributed by atoms with Crippen molar-refractivity contribution in [3.8, 4) is 0 Å². The lowest BCUT2D eigenvalue weighted by atomic mass is 10.6. The van der Waals surface area contributed by atoms with Crippen LogP contribution in [0.5, 0.6) is 0 Å². The molecule has 1 nitrogen and oxygen atoms in total. The Morgan fingerprint density at radius 1 is 1.56 bits per heavy atom. The van der Waals surface area contributed by atoms with Crippen molar-refractivity contribution in [1.29, 1.82) is 0 Å². The molecule has 5 heteroatoms. The summed E-state index contributed by atoms with van der Waals surface area (Å²) in [5, 5.41) is 0.662. The quantitative estimate of drug-likeness (QED) is 0.693. The molecule has 9 heavy (non-hydrogen) atoms. The van der Waals surface area contributed by atoms with E-state index in [0.29, 0.717) is 14.1 Å². The first-order valence-electron chi connectivity index (χ1n) is 2.10. The number of aromatic nitrogens is 1. The SMILES string of the molecule is Clc1nc(CBr)c(Cl)s1. The highest BCUT2D eigenvalue weighted by molar-refractivity contribution is 9.08. The second kappa shape index (κ2) is 3.19. The molecule has 1 aromatic rings. The molecule has 0 bridgehead atoms. The molecule has 1 aromatic heterocycles. The summed E-state index contributed by atoms with van der Waals surface area (Å²) >= 11 is 15.7. The minimum atomic E-state index is 0.495. The van der Waals surface area contributed by atoms with E-state index in [1.807, 2.05) is 0 Å². The van der Waals surface area contributed by atoms with E-state index in [2.05, 4.69) is 20.9 Å². The fraction of sp³-hybridized carbons (Fsp3) is 0.250. The standard InChI is InChI=1S/C4H2BrCl2NS/c5-1-2-3(6)9-4(7)8-2/h1H2. The number of rotatable bonds is 1. The van der Waals surface area contributed by atoms with E-state index >= 15 is 0 Å². The van der Waals surface area contributed by atoms with Gasteiger partial charge in [0.05, 0.1) is 5.69 Å². The molecule has 0 radical (unpaired) electrons. The van der Waals surface area contributed by atoms with Gasteiger partial charge in [0.15, 0.2) is 4.47 Å². The van der Waals surface area contributed by atoms with Gasteiger partial charge in [-0.2, -0.15) is 0 Å². The Bertz CT molecular complexity index is 212. The first-order chi connectivity index (χ1) is 4.24. The van der Waals surface area contributed by atoms with Gasteiger partial charge in [-0.3, -0.25) is 0 Å². The van der Waals surface area contributed by atoms with Gasteiger partial charge in [0.25, 0.3) is 0 Å². The van der Waals surface area contributed by atoms with Crippen LogP contribution in [0.3, 0.4) is 0 Å². The summed E-state index contributed by atoms with van der Waals surface area (Å²) in [6, 6.07) is 0. The van der Waals surface area contributed by atoms with Crippen molar-refractivity contribution in [3.63, 3.8) is 0 Å². The van der Waals surface area contributed by atoms with Crippen LogP contribution in [0.2, 0.25) is 8.80 Å². The molecule has 0 spiro atoms. The Morgan fingerprint density at radius 2 is 2.22 bits per heavy atom. The van der Waals surface area contributed by atoms with E-state index in [9.17, 15) is 0 Å². The smallest absolute Gasteiger partial charge is 0.185 e. The molecule has 0 atom stereocenters. The Labute approximate surface area is 75.1 Å². The molecule has 0 fully saturated rings. The van der Waals surface area contributed by atoms with Gasteiger partial charge in [-0.1, -0.05) is 50.5 Å². The lowest BCUT2D eigenvalue weighted by Crippen LogP contribution is -1.74. The second-order valence-electron chi connectivity index (χ2n) is 1.32. The highest BCUT2D eigenvalue weighted by Gasteiger charge is 2.04. The van der Waals surface area contributed by atoms with Crippen molar-refractivity contribution in [2.24, 2.45) is 0 Å². The third-order valence-electron chi connectivity index (χ3n) is 0.750. The molecule has 0 aliphatic rings. The van der Waals surface area contributed by atoms with E-state index in [1.165, 1.54) is 11.3 Å². The van der Waals surface area contributed by atoms with Crippen molar-refractivity contribution in [1.82, 2.24) is 4.98 Å². The van der Waals surface area contributed by atoms with Crippen LogP contribution in [-0.2, 0) is 5.33 Å². The Morgan fingerprint density at radius 3 is 2.44 bits per heavy atom. The normalized spacial score (nSPS) is 10.1. The number of hydrogen-bond donors (Lipinski definition) is 0. The average molecular weight is 247 g/mol. The number of alkyl halides is 1. The van der Waals surface area contributed by atoms with E-state index in [4.69, 9.17) is 23.2 Å². The molecule has 0 saturated heterocycles. The molecular formula is C4H2BrCl2NS. The van der Waals surface area contributed by atoms with Gasteiger partial charge in [0.2, 0.25) is 0 Å². The summed E-state index contributed by atoms with van der Waals surface area (Å²) in [5.41, 5.74) is 0.812. The molecule has 0 aromatic carbocycles. The van der Waals surface area contributed by atoms with E-state index in [-0.39, 0.29) is 0 Å². The molecular weight excluding hydrogens is 245 g/mol. The highest BCUT2D eigenvalue weighted by atomic mass is 79.9. The highest BCUT2D eigenvalue weighted by Crippen LogP contribution is 2.28. The van der Waals surface area contributed by atoms with Crippen molar-refractivity contribution in [3.05, 3.63) is 14.5 Å². The molecule has 1 rings (SSSR count). The maximum atomic E-state index is 5.69. The van der Waals surface area contributed by atoms with E-state index < -0.39 is 0 Å². The van der Waals surface area contributed by atoms with Crippen LogP contribution in [0.25, 0.3) is 0 Å². The van der Waals surface area contributed by atoms with Crippen LogP contribution in [0, 0.1) is 0 Å². The van der Waals surface area contributed by atoms with Crippen molar-refractivity contribution in [2.75, 3.05) is 0 Å². The number of hydrogen-bond acceptors (Lipinski definition) is 2. The Kier molecular flexibility index (Phi) is 2.76. The molecule has 50 valence electrons. The van der Waals surface area contributed by atoms with Crippen LogP contribution in [0.15, 0.2) is 0 Å². The van der Waals surface area contributed by atoms with Gasteiger partial charge in [0, 0.05) is 5.33 Å². The number of thiazole rings is 1. The third-order valence-corrected chi connectivity index (χ3v) is 2.72. The first kappa shape index (κ1) is 7.79. The first-order valence-corrected chi connectivity index (χ1v) is 4.80. The maximum Gasteiger partial charge on any atom is 0.185 e. The molecule has 1 heterocycles. The second-order valence-corrected chi connectivity index (χ2v) is 4.06. The third kappa shape index (κ3) is 1.80. The van der Waals surface area contributed by atoms with Crippen molar-refractivity contribution >= 4 is 50.5 Å². The Hall–Kier alpha value is 0.690. The summed E-state index contributed by atoms with van der Waals surface area (Å²) in [6.45, 7) is 0. The zero-order valence-corrected chi connectivity index (χ0v) is 8.11. The summed E-state index contributed by atoms with van der Waals surface area (Å²) in [4.78, 5) is 3.93. The molecule has 0 aliphatic heterocycles. The molecule has 0 unspecified atom stereocenters. The van der Waals surface area contributed by atoms with Gasteiger partial charge in [0.1, 0.15) is 4.34 Å². The van der Waals surface area contributed by atoms with Gasteiger partial charge >= 0.3 is 0 Å². The van der Waals surface area contributed by atoms with Crippen molar-refractivity contribution in [2.45, 2.75) is 5.33 Å². The zero-order valence-electron chi connectivity index (χ0n) is 4.20. The molecule has 0 amide bonds. The summed E-state index contributed by atoms with van der Waals surface area (Å²) in [7, 11) is 0. The summed E-state index contributed by atoms with van der Waals surface area (Å²) in [6.07, 6.45) is 0. The van der Waals surface area contributed by atoms with E-state index in [0.717, 1.165) is 5.69 Å². The van der Waals surface area contributed by atoms with Gasteiger partial charge in [-0.25, -0.2) is 4.98 Å². The summed E-state index contributed by atoms with van der Waals surface area (Å²) < 4.78 is 1.16. The minimum absolute atomic E-state index is 0.495. The predicted molar refractivity (Wildman–Crippen MR) is 44.8 cm³/mol. The van der Waals surface area contributed by atoms with E-state index in [1.54, 1.807) is 0 Å². The minimum Gasteiger partial charge on any atom is -0.228 e. The molecule has 0 saturated carbocycles. The topological polar surface area (TPSA) is 12.9 Å². The molecule has 0 aliphatic carbocycles. The summed E-state index contributed by atoms with van der Waals surface area (Å²) in [5.74, 6) is 0. The van der Waals surface area contributed by atoms with Gasteiger partial charge < -0.3 is 0 Å². The molecule has 0 N–H and O–H groups in total. The maximum absolute atomic E-state index is 5.69. The average Bonchev–Trinajstić information content (AvgIpc) is 2.10. The van der Waals surface area contributed by atoms with Crippen LogP contribution >= 0.6 is 50.5 Å². The van der Waals surface area contributed by atoms with Crippen LogP contribution < -0.4 is 0 Å². The van der Waals surface area contributed by atoms with Crippen LogP contribution in [-0.4, -0.2) is 4.98 Å². The zero-order chi connectivity index (χ0) is 6.85. The number of nitrogens with zero attached hydrogens (tertiary/aromatic N) is 1. The van der Waals surface area contributed by atoms with Gasteiger partial charge in [-0.15, -0.1) is 0 Å². The van der Waals surface area contributed by atoms with Gasteiger partial charge in [-0.05, 0) is 0 Å². The van der Waals surface area contributed by atoms with Crippen LogP contribution in [0.4, 0.5) is 0 Å². The largest absolute Gasteiger partial charge is 0.228 e. The monoisotopic (exact) mass is 245 g/mol.